The predicted molar refractivity (Wildman–Crippen MR) is 121 cm³/mol. The van der Waals surface area contributed by atoms with Crippen LogP contribution < -0.4 is 10.6 Å². The number of H-pyrrole nitrogens is 1. The maximum atomic E-state index is 12.8. The summed E-state index contributed by atoms with van der Waals surface area (Å²) in [5.74, 6) is 0.743. The molecule has 6 nitrogen and oxygen atoms in total. The normalized spacial score (nSPS) is 20.1. The Bertz CT molecular complexity index is 1010. The number of aliphatic hydroxyl groups excluding tert-OH is 1. The van der Waals surface area contributed by atoms with E-state index in [2.05, 4.69) is 37.6 Å². The molecule has 2 amide bonds. The summed E-state index contributed by atoms with van der Waals surface area (Å²) in [7, 11) is 0. The maximum absolute atomic E-state index is 12.8. The first-order valence-corrected chi connectivity index (χ1v) is 11.2. The van der Waals surface area contributed by atoms with E-state index in [0.717, 1.165) is 58.1 Å². The lowest BCUT2D eigenvalue weighted by atomic mass is 9.93. The molecular weight excluding hydrogens is 444 g/mol. The second-order valence-corrected chi connectivity index (χ2v) is 9.06. The number of aliphatic hydroxyl groups is 1. The number of halogens is 1. The Hall–Kier alpha value is -2.38. The molecule has 1 aliphatic carbocycles. The van der Waals surface area contributed by atoms with Gasteiger partial charge in [-0.1, -0.05) is 34.1 Å². The van der Waals surface area contributed by atoms with E-state index in [0.29, 0.717) is 6.42 Å². The molecule has 2 aromatic carbocycles. The Morgan fingerprint density at radius 2 is 1.93 bits per heavy atom. The van der Waals surface area contributed by atoms with E-state index in [1.807, 2.05) is 43.3 Å². The molecule has 30 heavy (non-hydrogen) atoms. The average Bonchev–Trinajstić information content (AvgIpc) is 3.14. The van der Waals surface area contributed by atoms with Crippen molar-refractivity contribution in [3.8, 4) is 0 Å². The Morgan fingerprint density at radius 3 is 2.67 bits per heavy atom. The Kier molecular flexibility index (Phi) is 6.39. The van der Waals surface area contributed by atoms with Crippen LogP contribution in [0.2, 0.25) is 0 Å². The molecule has 4 rings (SSSR count). The first-order chi connectivity index (χ1) is 14.5. The minimum absolute atomic E-state index is 0.0973. The van der Waals surface area contributed by atoms with E-state index in [-0.39, 0.29) is 24.2 Å². The number of benzene rings is 2. The molecule has 0 saturated heterocycles. The van der Waals surface area contributed by atoms with Gasteiger partial charge < -0.3 is 20.7 Å². The van der Waals surface area contributed by atoms with Crippen molar-refractivity contribution in [3.63, 3.8) is 0 Å². The Balaban J connectivity index is 1.52. The van der Waals surface area contributed by atoms with Crippen LogP contribution in [0.15, 0.2) is 46.9 Å². The molecule has 1 fully saturated rings. The van der Waals surface area contributed by atoms with Crippen LogP contribution in [-0.2, 0) is 6.42 Å². The molecule has 1 heterocycles. The summed E-state index contributed by atoms with van der Waals surface area (Å²) in [5.41, 5.74) is 4.13. The summed E-state index contributed by atoms with van der Waals surface area (Å²) in [5, 5.41) is 15.9. The number of aromatic amines is 1. The van der Waals surface area contributed by atoms with E-state index in [9.17, 15) is 9.90 Å². The van der Waals surface area contributed by atoms with Crippen molar-refractivity contribution < 1.29 is 9.90 Å². The summed E-state index contributed by atoms with van der Waals surface area (Å²) in [6.45, 7) is 2.05. The molecule has 158 valence electrons. The largest absolute Gasteiger partial charge is 0.393 e. The smallest absolute Gasteiger partial charge is 0.315 e. The van der Waals surface area contributed by atoms with Gasteiger partial charge in [-0.05, 0) is 74.4 Å². The minimum atomic E-state index is -0.284. The molecular formula is C23H27BrN4O2. The number of aryl methyl sites for hydroxylation is 1. The van der Waals surface area contributed by atoms with Crippen molar-refractivity contribution in [2.24, 2.45) is 0 Å². The Labute approximate surface area is 184 Å². The number of carbonyl (C=O) groups excluding carboxylic acids is 1. The average molecular weight is 471 g/mol. The van der Waals surface area contributed by atoms with E-state index < -0.39 is 0 Å². The van der Waals surface area contributed by atoms with Crippen LogP contribution in [0.1, 0.15) is 48.7 Å². The number of aromatic nitrogens is 2. The SMILES string of the molecule is Cc1ccc2nc([C@@H](Cc3ccc(Br)cc3)NC(=O)N[C@H]3CC[C@H](O)CC3)[nH]c2c1. The molecule has 0 spiro atoms. The third-order valence-electron chi connectivity index (χ3n) is 5.68. The topological polar surface area (TPSA) is 90.0 Å². The summed E-state index contributed by atoms with van der Waals surface area (Å²) < 4.78 is 1.02. The number of urea groups is 1. The van der Waals surface area contributed by atoms with Crippen molar-refractivity contribution >= 4 is 33.0 Å². The minimum Gasteiger partial charge on any atom is -0.393 e. The summed E-state index contributed by atoms with van der Waals surface area (Å²) in [4.78, 5) is 20.9. The van der Waals surface area contributed by atoms with Gasteiger partial charge in [0.15, 0.2) is 0 Å². The monoisotopic (exact) mass is 470 g/mol. The molecule has 0 unspecified atom stereocenters. The lowest BCUT2D eigenvalue weighted by Crippen LogP contribution is -2.45. The molecule has 1 atom stereocenters. The molecule has 1 aromatic heterocycles. The molecule has 7 heteroatoms. The van der Waals surface area contributed by atoms with Crippen LogP contribution in [0.4, 0.5) is 4.79 Å². The Morgan fingerprint density at radius 1 is 1.20 bits per heavy atom. The number of amides is 2. The van der Waals surface area contributed by atoms with Crippen molar-refractivity contribution in [3.05, 3.63) is 63.9 Å². The molecule has 1 aliphatic rings. The molecule has 0 radical (unpaired) electrons. The summed E-state index contributed by atoms with van der Waals surface area (Å²) >= 11 is 3.47. The first-order valence-electron chi connectivity index (χ1n) is 10.4. The van der Waals surface area contributed by atoms with Gasteiger partial charge in [-0.15, -0.1) is 0 Å². The zero-order valence-corrected chi connectivity index (χ0v) is 18.6. The van der Waals surface area contributed by atoms with Gasteiger partial charge in [0.1, 0.15) is 5.82 Å². The fourth-order valence-electron chi connectivity index (χ4n) is 3.99. The zero-order valence-electron chi connectivity index (χ0n) is 17.0. The number of carbonyl (C=O) groups is 1. The van der Waals surface area contributed by atoms with Crippen LogP contribution in [-0.4, -0.2) is 33.3 Å². The van der Waals surface area contributed by atoms with Gasteiger partial charge >= 0.3 is 6.03 Å². The van der Waals surface area contributed by atoms with E-state index in [1.165, 1.54) is 0 Å². The highest BCUT2D eigenvalue weighted by molar-refractivity contribution is 9.10. The van der Waals surface area contributed by atoms with E-state index in [4.69, 9.17) is 4.98 Å². The number of nitrogens with one attached hydrogen (secondary N) is 3. The van der Waals surface area contributed by atoms with Gasteiger partial charge in [0.05, 0.1) is 23.2 Å². The third kappa shape index (κ3) is 5.21. The van der Waals surface area contributed by atoms with E-state index >= 15 is 0 Å². The second kappa shape index (κ2) is 9.18. The quantitative estimate of drug-likeness (QED) is 0.441. The third-order valence-corrected chi connectivity index (χ3v) is 6.20. The summed E-state index contributed by atoms with van der Waals surface area (Å²) in [6.07, 6.45) is 3.45. The van der Waals surface area contributed by atoms with Crippen LogP contribution in [0, 0.1) is 6.92 Å². The van der Waals surface area contributed by atoms with E-state index in [1.54, 1.807) is 0 Å². The van der Waals surface area contributed by atoms with Gasteiger partial charge in [0, 0.05) is 10.5 Å². The highest BCUT2D eigenvalue weighted by Gasteiger charge is 2.24. The maximum Gasteiger partial charge on any atom is 0.315 e. The number of hydrogen-bond donors (Lipinski definition) is 4. The molecule has 1 saturated carbocycles. The van der Waals surface area contributed by atoms with Crippen molar-refractivity contribution in [1.82, 2.24) is 20.6 Å². The molecule has 3 aromatic rings. The number of nitrogens with zero attached hydrogens (tertiary/aromatic N) is 1. The number of fused-ring (bicyclic) bond motifs is 1. The van der Waals surface area contributed by atoms with Gasteiger partial charge in [-0.3, -0.25) is 0 Å². The molecule has 0 bridgehead atoms. The highest BCUT2D eigenvalue weighted by Crippen LogP contribution is 2.22. The van der Waals surface area contributed by atoms with Crippen molar-refractivity contribution in [2.75, 3.05) is 0 Å². The predicted octanol–water partition coefficient (Wildman–Crippen LogP) is 4.52. The number of hydrogen-bond acceptors (Lipinski definition) is 3. The van der Waals surface area contributed by atoms with Gasteiger partial charge in [-0.25, -0.2) is 9.78 Å². The van der Waals surface area contributed by atoms with Gasteiger partial charge in [0.25, 0.3) is 0 Å². The fourth-order valence-corrected chi connectivity index (χ4v) is 4.25. The van der Waals surface area contributed by atoms with Gasteiger partial charge in [0.2, 0.25) is 0 Å². The van der Waals surface area contributed by atoms with Crippen molar-refractivity contribution in [1.29, 1.82) is 0 Å². The number of imidazole rings is 1. The fraction of sp³-hybridized carbons (Fsp3) is 0.391. The molecule has 0 aliphatic heterocycles. The van der Waals surface area contributed by atoms with Crippen LogP contribution in [0.25, 0.3) is 11.0 Å². The molecule has 4 N–H and O–H groups in total. The lowest BCUT2D eigenvalue weighted by molar-refractivity contribution is 0.117. The van der Waals surface area contributed by atoms with Crippen molar-refractivity contribution in [2.45, 2.75) is 57.2 Å². The zero-order chi connectivity index (χ0) is 21.1. The first kappa shape index (κ1) is 20.9. The van der Waals surface area contributed by atoms with Crippen LogP contribution >= 0.6 is 15.9 Å². The lowest BCUT2D eigenvalue weighted by Gasteiger charge is -2.27. The van der Waals surface area contributed by atoms with Crippen LogP contribution in [0.5, 0.6) is 0 Å². The summed E-state index contributed by atoms with van der Waals surface area (Å²) in [6, 6.07) is 13.8. The second-order valence-electron chi connectivity index (χ2n) is 8.15. The standard InChI is InChI=1S/C23H27BrN4O2/c1-14-2-11-19-20(12-14)27-22(26-19)21(13-15-3-5-16(24)6-4-15)28-23(30)25-17-7-9-18(29)10-8-17/h2-6,11-12,17-18,21,29H,7-10,13H2,1H3,(H,26,27)(H2,25,28,30)/t17-,18-,21-/m1/s1. The van der Waals surface area contributed by atoms with Gasteiger partial charge in [-0.2, -0.15) is 0 Å². The van der Waals surface area contributed by atoms with Crippen LogP contribution in [0.3, 0.4) is 0 Å². The number of rotatable bonds is 5. The highest BCUT2D eigenvalue weighted by atomic mass is 79.9.